The summed E-state index contributed by atoms with van der Waals surface area (Å²) in [4.78, 5) is 17.3. The Morgan fingerprint density at radius 3 is 2.30 bits per heavy atom. The molecule has 4 rings (SSSR count). The molecule has 206 valence electrons. The van der Waals surface area contributed by atoms with E-state index in [0.29, 0.717) is 33.8 Å². The number of terminal acetylenes is 1. The van der Waals surface area contributed by atoms with Crippen LogP contribution in [0.2, 0.25) is 5.02 Å². The lowest BCUT2D eigenvalue weighted by Crippen LogP contribution is -2.24. The summed E-state index contributed by atoms with van der Waals surface area (Å²) in [6, 6.07) is 22.8. The number of carbonyl (C=O) groups excluding carboxylic acids is 1. The fraction of sp³-hybridized carbons (Fsp3) is 0.242. The van der Waals surface area contributed by atoms with Gasteiger partial charge in [-0.3, -0.25) is 4.79 Å². The number of ether oxygens (including phenoxy) is 3. The van der Waals surface area contributed by atoms with E-state index in [0.717, 1.165) is 34.4 Å². The molecule has 2 N–H and O–H groups in total. The number of H-pyrrole nitrogens is 1. The maximum absolute atomic E-state index is 13.8. The number of hydrogen-bond donors (Lipinski definition) is 2. The smallest absolute Gasteiger partial charge is 0.259 e. The first kappa shape index (κ1) is 28.8. The number of halogens is 1. The van der Waals surface area contributed by atoms with Gasteiger partial charge in [0.15, 0.2) is 17.6 Å². The van der Waals surface area contributed by atoms with Gasteiger partial charge >= 0.3 is 0 Å². The zero-order valence-corrected chi connectivity index (χ0v) is 23.8. The summed E-state index contributed by atoms with van der Waals surface area (Å²) in [6.07, 6.45) is 5.29. The first-order valence-corrected chi connectivity index (χ1v) is 13.4. The Morgan fingerprint density at radius 2 is 1.68 bits per heavy atom. The summed E-state index contributed by atoms with van der Waals surface area (Å²) in [5.74, 6) is 4.19. The second-order valence-corrected chi connectivity index (χ2v) is 10.1. The van der Waals surface area contributed by atoms with Gasteiger partial charge < -0.3 is 24.5 Å². The number of carbonyl (C=O) groups is 1. The minimum Gasteiger partial charge on any atom is -0.493 e. The molecule has 1 atom stereocenters. The Morgan fingerprint density at radius 1 is 0.975 bits per heavy atom. The van der Waals surface area contributed by atoms with E-state index >= 15 is 0 Å². The van der Waals surface area contributed by atoms with Gasteiger partial charge in [-0.25, -0.2) is 0 Å². The molecule has 1 amide bonds. The van der Waals surface area contributed by atoms with Crippen LogP contribution in [0.15, 0.2) is 72.8 Å². The Bertz CT molecular complexity index is 1490. The molecule has 1 aromatic heterocycles. The van der Waals surface area contributed by atoms with Crippen molar-refractivity contribution in [1.29, 1.82) is 0 Å². The fourth-order valence-electron chi connectivity index (χ4n) is 4.69. The predicted octanol–water partition coefficient (Wildman–Crippen LogP) is 7.55. The number of aromatic amines is 1. The molecule has 0 fully saturated rings. The SMILES string of the molecule is C#CCOC(C(=O)Nc1[nH]c(-c2ccccc2)c(CC(C)C)c1-c1ccc(OC)c(OC)c1)c1ccc(Cl)cc1. The molecule has 0 aliphatic carbocycles. The highest BCUT2D eigenvalue weighted by Crippen LogP contribution is 2.43. The maximum Gasteiger partial charge on any atom is 0.259 e. The monoisotopic (exact) mass is 556 g/mol. The van der Waals surface area contributed by atoms with Crippen LogP contribution >= 0.6 is 11.6 Å². The van der Waals surface area contributed by atoms with Gasteiger partial charge in [-0.2, -0.15) is 0 Å². The van der Waals surface area contributed by atoms with Crippen LogP contribution < -0.4 is 14.8 Å². The Labute approximate surface area is 240 Å². The molecule has 3 aromatic carbocycles. The van der Waals surface area contributed by atoms with Crippen molar-refractivity contribution in [1.82, 2.24) is 4.98 Å². The van der Waals surface area contributed by atoms with Crippen LogP contribution in [-0.2, 0) is 16.0 Å². The van der Waals surface area contributed by atoms with Crippen molar-refractivity contribution < 1.29 is 19.0 Å². The highest BCUT2D eigenvalue weighted by Gasteiger charge is 2.27. The van der Waals surface area contributed by atoms with Gasteiger partial charge in [0.05, 0.1) is 19.9 Å². The number of anilines is 1. The first-order valence-electron chi connectivity index (χ1n) is 13.0. The van der Waals surface area contributed by atoms with E-state index in [1.54, 1.807) is 38.5 Å². The summed E-state index contributed by atoms with van der Waals surface area (Å²) in [5, 5.41) is 3.67. The molecule has 4 aromatic rings. The molecular weight excluding hydrogens is 524 g/mol. The van der Waals surface area contributed by atoms with Crippen molar-refractivity contribution in [3.63, 3.8) is 0 Å². The van der Waals surface area contributed by atoms with Gasteiger partial charge in [0.2, 0.25) is 0 Å². The highest BCUT2D eigenvalue weighted by molar-refractivity contribution is 6.30. The lowest BCUT2D eigenvalue weighted by Gasteiger charge is -2.18. The van der Waals surface area contributed by atoms with Crippen molar-refractivity contribution in [2.75, 3.05) is 26.1 Å². The lowest BCUT2D eigenvalue weighted by molar-refractivity contribution is -0.127. The molecule has 0 aliphatic rings. The average Bonchev–Trinajstić information content (AvgIpc) is 3.30. The number of hydrogen-bond acceptors (Lipinski definition) is 4. The van der Waals surface area contributed by atoms with Crippen molar-refractivity contribution in [2.45, 2.75) is 26.4 Å². The second-order valence-electron chi connectivity index (χ2n) is 9.70. The van der Waals surface area contributed by atoms with Crippen molar-refractivity contribution in [2.24, 2.45) is 5.92 Å². The predicted molar refractivity (Wildman–Crippen MR) is 161 cm³/mol. The van der Waals surface area contributed by atoms with Crippen LogP contribution in [0.5, 0.6) is 11.5 Å². The summed E-state index contributed by atoms with van der Waals surface area (Å²) >= 11 is 6.09. The lowest BCUT2D eigenvalue weighted by atomic mass is 9.92. The van der Waals surface area contributed by atoms with Crippen molar-refractivity contribution in [3.05, 3.63) is 88.9 Å². The molecule has 0 radical (unpaired) electrons. The average molecular weight is 557 g/mol. The first-order chi connectivity index (χ1) is 19.4. The third-order valence-corrected chi connectivity index (χ3v) is 6.70. The molecule has 0 saturated carbocycles. The molecule has 0 bridgehead atoms. The maximum atomic E-state index is 13.8. The zero-order valence-electron chi connectivity index (χ0n) is 23.1. The van der Waals surface area contributed by atoms with E-state index < -0.39 is 6.10 Å². The van der Waals surface area contributed by atoms with Gasteiger partial charge in [0, 0.05) is 10.6 Å². The minimum absolute atomic E-state index is 0.0260. The molecule has 1 unspecified atom stereocenters. The van der Waals surface area contributed by atoms with E-state index in [4.69, 9.17) is 32.2 Å². The van der Waals surface area contributed by atoms with Crippen LogP contribution in [0, 0.1) is 18.3 Å². The van der Waals surface area contributed by atoms with Gasteiger partial charge in [-0.15, -0.1) is 6.42 Å². The van der Waals surface area contributed by atoms with Gasteiger partial charge in [-0.1, -0.05) is 79.9 Å². The third kappa shape index (κ3) is 6.51. The number of nitrogens with one attached hydrogen (secondary N) is 2. The summed E-state index contributed by atoms with van der Waals surface area (Å²) in [7, 11) is 3.20. The molecule has 0 spiro atoms. The largest absolute Gasteiger partial charge is 0.493 e. The molecule has 0 saturated heterocycles. The summed E-state index contributed by atoms with van der Waals surface area (Å²) in [6.45, 7) is 4.31. The van der Waals surface area contributed by atoms with E-state index in [1.165, 1.54) is 0 Å². The van der Waals surface area contributed by atoms with Gasteiger partial charge in [0.1, 0.15) is 12.4 Å². The Kier molecular flexibility index (Phi) is 9.55. The normalized spacial score (nSPS) is 11.6. The standard InChI is InChI=1S/C33H33ClN2O4/c1-6-18-40-31(23-12-15-25(34)16-13-23)33(37)36-32-29(24-14-17-27(38-4)28(20-24)39-5)26(19-21(2)3)30(35-32)22-10-8-7-9-11-22/h1,7-17,20-21,31,35H,18-19H2,2-5H3,(H,36,37). The Hall–Kier alpha value is -4.18. The van der Waals surface area contributed by atoms with Crippen LogP contribution in [0.4, 0.5) is 5.82 Å². The van der Waals surface area contributed by atoms with E-state index in [1.807, 2.05) is 48.5 Å². The molecule has 1 heterocycles. The zero-order chi connectivity index (χ0) is 28.6. The topological polar surface area (TPSA) is 72.6 Å². The molecule has 40 heavy (non-hydrogen) atoms. The number of benzene rings is 3. The number of amides is 1. The van der Waals surface area contributed by atoms with E-state index in [9.17, 15) is 4.79 Å². The molecule has 0 aliphatic heterocycles. The molecular formula is C33H33ClN2O4. The quantitative estimate of drug-likeness (QED) is 0.187. The molecule has 7 heteroatoms. The van der Waals surface area contributed by atoms with E-state index in [2.05, 4.69) is 30.1 Å². The Balaban J connectivity index is 1.88. The number of aromatic nitrogens is 1. The van der Waals surface area contributed by atoms with Crippen molar-refractivity contribution in [3.8, 4) is 46.2 Å². The van der Waals surface area contributed by atoms with Crippen LogP contribution in [-0.4, -0.2) is 31.7 Å². The van der Waals surface area contributed by atoms with Gasteiger partial charge in [-0.05, 0) is 58.9 Å². The second kappa shape index (κ2) is 13.3. The van der Waals surface area contributed by atoms with Crippen LogP contribution in [0.1, 0.15) is 31.1 Å². The minimum atomic E-state index is -0.941. The van der Waals surface area contributed by atoms with E-state index in [-0.39, 0.29) is 12.5 Å². The highest BCUT2D eigenvalue weighted by atomic mass is 35.5. The van der Waals surface area contributed by atoms with Crippen molar-refractivity contribution >= 4 is 23.3 Å². The fourth-order valence-corrected chi connectivity index (χ4v) is 4.81. The van der Waals surface area contributed by atoms with Crippen LogP contribution in [0.3, 0.4) is 0 Å². The third-order valence-electron chi connectivity index (χ3n) is 6.44. The summed E-state index contributed by atoms with van der Waals surface area (Å²) in [5.41, 5.74) is 5.40. The summed E-state index contributed by atoms with van der Waals surface area (Å²) < 4.78 is 16.9. The molecule has 6 nitrogen and oxygen atoms in total. The van der Waals surface area contributed by atoms with Gasteiger partial charge in [0.25, 0.3) is 5.91 Å². The number of rotatable bonds is 11. The number of methoxy groups -OCH3 is 2. The van der Waals surface area contributed by atoms with Crippen LogP contribution in [0.25, 0.3) is 22.4 Å².